The topological polar surface area (TPSA) is 34.2 Å². The summed E-state index contributed by atoms with van der Waals surface area (Å²) < 4.78 is 5.94. The summed E-state index contributed by atoms with van der Waals surface area (Å²) in [6.45, 7) is 4.88. The average molecular weight is 242 g/mol. The SMILES string of the molecule is CNCc1cnccc1Oc1cc(C)cc(C)c1. The minimum atomic E-state index is 0.744. The van der Waals surface area contributed by atoms with Gasteiger partial charge in [0.05, 0.1) is 0 Å². The van der Waals surface area contributed by atoms with Crippen LogP contribution in [0.2, 0.25) is 0 Å². The zero-order valence-corrected chi connectivity index (χ0v) is 11.0. The van der Waals surface area contributed by atoms with Crippen LogP contribution in [-0.2, 0) is 6.54 Å². The molecule has 0 radical (unpaired) electrons. The van der Waals surface area contributed by atoms with Crippen LogP contribution in [0.3, 0.4) is 0 Å². The van der Waals surface area contributed by atoms with Crippen molar-refractivity contribution in [3.8, 4) is 11.5 Å². The largest absolute Gasteiger partial charge is 0.457 e. The zero-order valence-electron chi connectivity index (χ0n) is 11.0. The van der Waals surface area contributed by atoms with Crippen LogP contribution >= 0.6 is 0 Å². The second kappa shape index (κ2) is 5.65. The predicted molar refractivity (Wildman–Crippen MR) is 73.0 cm³/mol. The molecule has 0 aliphatic rings. The van der Waals surface area contributed by atoms with Gasteiger partial charge in [0.15, 0.2) is 0 Å². The fourth-order valence-corrected chi connectivity index (χ4v) is 1.96. The molecule has 0 amide bonds. The van der Waals surface area contributed by atoms with E-state index in [2.05, 4.69) is 30.2 Å². The van der Waals surface area contributed by atoms with Crippen LogP contribution in [0.4, 0.5) is 0 Å². The van der Waals surface area contributed by atoms with Crippen molar-refractivity contribution in [3.63, 3.8) is 0 Å². The van der Waals surface area contributed by atoms with Gasteiger partial charge < -0.3 is 10.1 Å². The van der Waals surface area contributed by atoms with E-state index in [4.69, 9.17) is 4.74 Å². The number of benzene rings is 1. The lowest BCUT2D eigenvalue weighted by atomic mass is 10.1. The summed E-state index contributed by atoms with van der Waals surface area (Å²) in [5.74, 6) is 1.72. The number of ether oxygens (including phenoxy) is 1. The van der Waals surface area contributed by atoms with Crippen molar-refractivity contribution < 1.29 is 4.74 Å². The molecule has 0 bridgehead atoms. The van der Waals surface area contributed by atoms with E-state index in [1.807, 2.05) is 31.4 Å². The summed E-state index contributed by atoms with van der Waals surface area (Å²) in [7, 11) is 1.91. The Morgan fingerprint density at radius 1 is 1.17 bits per heavy atom. The number of aryl methyl sites for hydroxylation is 2. The third-order valence-corrected chi connectivity index (χ3v) is 2.65. The van der Waals surface area contributed by atoms with E-state index in [0.29, 0.717) is 0 Å². The Labute approximate surface area is 108 Å². The number of rotatable bonds is 4. The molecule has 0 saturated carbocycles. The first-order valence-electron chi connectivity index (χ1n) is 6.02. The van der Waals surface area contributed by atoms with Crippen molar-refractivity contribution in [1.82, 2.24) is 10.3 Å². The molecule has 18 heavy (non-hydrogen) atoms. The lowest BCUT2D eigenvalue weighted by molar-refractivity contribution is 0.472. The van der Waals surface area contributed by atoms with Crippen molar-refractivity contribution in [3.05, 3.63) is 53.3 Å². The Morgan fingerprint density at radius 3 is 2.56 bits per heavy atom. The third kappa shape index (κ3) is 3.08. The highest BCUT2D eigenvalue weighted by Gasteiger charge is 2.05. The highest BCUT2D eigenvalue weighted by atomic mass is 16.5. The summed E-state index contributed by atoms with van der Waals surface area (Å²) >= 11 is 0. The summed E-state index contributed by atoms with van der Waals surface area (Å²) in [6, 6.07) is 8.10. The van der Waals surface area contributed by atoms with Crippen molar-refractivity contribution in [2.24, 2.45) is 0 Å². The number of hydrogen-bond donors (Lipinski definition) is 1. The summed E-state index contributed by atoms with van der Waals surface area (Å²) in [4.78, 5) is 4.12. The third-order valence-electron chi connectivity index (χ3n) is 2.65. The first kappa shape index (κ1) is 12.6. The van der Waals surface area contributed by atoms with E-state index < -0.39 is 0 Å². The van der Waals surface area contributed by atoms with Crippen LogP contribution in [0, 0.1) is 13.8 Å². The summed E-state index contributed by atoms with van der Waals surface area (Å²) in [6.07, 6.45) is 3.58. The molecule has 0 spiro atoms. The van der Waals surface area contributed by atoms with Gasteiger partial charge in [0.2, 0.25) is 0 Å². The highest BCUT2D eigenvalue weighted by Crippen LogP contribution is 2.26. The fraction of sp³-hybridized carbons (Fsp3) is 0.267. The van der Waals surface area contributed by atoms with Gasteiger partial charge in [-0.15, -0.1) is 0 Å². The van der Waals surface area contributed by atoms with Gasteiger partial charge in [-0.05, 0) is 50.2 Å². The molecular weight excluding hydrogens is 224 g/mol. The normalized spacial score (nSPS) is 10.4. The molecular formula is C15H18N2O. The van der Waals surface area contributed by atoms with E-state index in [-0.39, 0.29) is 0 Å². The first-order valence-corrected chi connectivity index (χ1v) is 6.02. The fourth-order valence-electron chi connectivity index (χ4n) is 1.96. The molecule has 1 heterocycles. The summed E-state index contributed by atoms with van der Waals surface area (Å²) in [5.41, 5.74) is 3.46. The van der Waals surface area contributed by atoms with E-state index in [0.717, 1.165) is 23.6 Å². The van der Waals surface area contributed by atoms with Gasteiger partial charge in [-0.25, -0.2) is 0 Å². The molecule has 3 heteroatoms. The molecule has 1 N–H and O–H groups in total. The number of nitrogens with zero attached hydrogens (tertiary/aromatic N) is 1. The monoisotopic (exact) mass is 242 g/mol. The average Bonchev–Trinajstić information content (AvgIpc) is 2.30. The van der Waals surface area contributed by atoms with Crippen molar-refractivity contribution >= 4 is 0 Å². The van der Waals surface area contributed by atoms with Crippen LogP contribution in [-0.4, -0.2) is 12.0 Å². The minimum Gasteiger partial charge on any atom is -0.457 e. The second-order valence-electron chi connectivity index (χ2n) is 4.44. The molecule has 0 unspecified atom stereocenters. The lowest BCUT2D eigenvalue weighted by Gasteiger charge is -2.11. The molecule has 2 aromatic rings. The van der Waals surface area contributed by atoms with Crippen LogP contribution in [0.25, 0.3) is 0 Å². The Hall–Kier alpha value is -1.87. The standard InChI is InChI=1S/C15H18N2O/c1-11-6-12(2)8-14(7-11)18-15-4-5-17-10-13(15)9-16-3/h4-8,10,16H,9H2,1-3H3. The van der Waals surface area contributed by atoms with Crippen LogP contribution in [0.15, 0.2) is 36.7 Å². The molecule has 2 rings (SSSR count). The van der Waals surface area contributed by atoms with Gasteiger partial charge in [-0.2, -0.15) is 0 Å². The molecule has 0 saturated heterocycles. The second-order valence-corrected chi connectivity index (χ2v) is 4.44. The van der Waals surface area contributed by atoms with Crippen molar-refractivity contribution in [2.45, 2.75) is 20.4 Å². The predicted octanol–water partition coefficient (Wildman–Crippen LogP) is 3.21. The Kier molecular flexibility index (Phi) is 3.95. The molecule has 0 fully saturated rings. The molecule has 94 valence electrons. The maximum atomic E-state index is 5.94. The van der Waals surface area contributed by atoms with E-state index in [1.54, 1.807) is 6.20 Å². The van der Waals surface area contributed by atoms with Gasteiger partial charge in [-0.3, -0.25) is 4.98 Å². The van der Waals surface area contributed by atoms with Crippen LogP contribution in [0.1, 0.15) is 16.7 Å². The molecule has 3 nitrogen and oxygen atoms in total. The van der Waals surface area contributed by atoms with Gasteiger partial charge >= 0.3 is 0 Å². The first-order chi connectivity index (χ1) is 8.69. The minimum absolute atomic E-state index is 0.744. The Bertz CT molecular complexity index is 518. The zero-order chi connectivity index (χ0) is 13.0. The number of nitrogens with one attached hydrogen (secondary N) is 1. The quantitative estimate of drug-likeness (QED) is 0.894. The van der Waals surface area contributed by atoms with E-state index in [1.165, 1.54) is 11.1 Å². The molecule has 0 atom stereocenters. The lowest BCUT2D eigenvalue weighted by Crippen LogP contribution is -2.06. The van der Waals surface area contributed by atoms with Crippen molar-refractivity contribution in [2.75, 3.05) is 7.05 Å². The van der Waals surface area contributed by atoms with Gasteiger partial charge in [0.25, 0.3) is 0 Å². The van der Waals surface area contributed by atoms with E-state index in [9.17, 15) is 0 Å². The van der Waals surface area contributed by atoms with Crippen molar-refractivity contribution in [1.29, 1.82) is 0 Å². The Balaban J connectivity index is 2.27. The maximum absolute atomic E-state index is 5.94. The van der Waals surface area contributed by atoms with Gasteiger partial charge in [-0.1, -0.05) is 6.07 Å². The Morgan fingerprint density at radius 2 is 1.89 bits per heavy atom. The number of hydrogen-bond acceptors (Lipinski definition) is 3. The smallest absolute Gasteiger partial charge is 0.134 e. The molecule has 0 aliphatic heterocycles. The highest BCUT2D eigenvalue weighted by molar-refractivity contribution is 5.39. The maximum Gasteiger partial charge on any atom is 0.134 e. The van der Waals surface area contributed by atoms with Gasteiger partial charge in [0.1, 0.15) is 11.5 Å². The number of aromatic nitrogens is 1. The van der Waals surface area contributed by atoms with Crippen LogP contribution < -0.4 is 10.1 Å². The molecule has 0 aliphatic carbocycles. The van der Waals surface area contributed by atoms with Gasteiger partial charge in [0, 0.05) is 24.5 Å². The molecule has 1 aromatic heterocycles. The summed E-state index contributed by atoms with van der Waals surface area (Å²) in [5, 5.41) is 3.11. The molecule has 1 aromatic carbocycles. The van der Waals surface area contributed by atoms with Crippen LogP contribution in [0.5, 0.6) is 11.5 Å². The van der Waals surface area contributed by atoms with E-state index >= 15 is 0 Å². The number of pyridine rings is 1.